The molecule has 0 aliphatic heterocycles. The number of hydrogen-bond donors (Lipinski definition) is 1. The predicted octanol–water partition coefficient (Wildman–Crippen LogP) is 3.11. The van der Waals surface area contributed by atoms with Gasteiger partial charge in [-0.15, -0.1) is 0 Å². The van der Waals surface area contributed by atoms with E-state index in [4.69, 9.17) is 4.42 Å². The third kappa shape index (κ3) is 1.99. The van der Waals surface area contributed by atoms with Crippen molar-refractivity contribution in [1.29, 1.82) is 0 Å². The molecule has 0 aliphatic carbocycles. The number of benzene rings is 1. The van der Waals surface area contributed by atoms with Crippen LogP contribution in [0, 0.1) is 10.1 Å². The van der Waals surface area contributed by atoms with Crippen LogP contribution in [0.5, 0.6) is 5.75 Å². The molecule has 94 valence electrons. The number of phenolic OH excluding ortho intramolecular Hbond substituents is 1. The van der Waals surface area contributed by atoms with Crippen LogP contribution in [0.2, 0.25) is 0 Å². The van der Waals surface area contributed by atoms with Crippen molar-refractivity contribution in [3.63, 3.8) is 0 Å². The summed E-state index contributed by atoms with van der Waals surface area (Å²) in [5, 5.41) is 20.9. The number of furan rings is 1. The molecule has 19 heavy (non-hydrogen) atoms. The molecule has 1 aromatic carbocycles. The van der Waals surface area contributed by atoms with Crippen molar-refractivity contribution in [2.24, 2.45) is 0 Å². The van der Waals surface area contributed by atoms with Crippen molar-refractivity contribution in [3.8, 4) is 17.1 Å². The number of nitrogens with zero attached hydrogens (tertiary/aromatic N) is 2. The molecule has 6 heteroatoms. The first-order valence-corrected chi connectivity index (χ1v) is 5.47. The molecule has 2 heterocycles. The number of aromatic nitrogens is 1. The number of aromatic hydroxyl groups is 1. The molecule has 0 spiro atoms. The summed E-state index contributed by atoms with van der Waals surface area (Å²) < 4.78 is 5.56. The molecule has 0 fully saturated rings. The highest BCUT2D eigenvalue weighted by atomic mass is 16.6. The first-order valence-electron chi connectivity index (χ1n) is 5.47. The maximum atomic E-state index is 10.7. The summed E-state index contributed by atoms with van der Waals surface area (Å²) in [6.45, 7) is 0. The summed E-state index contributed by atoms with van der Waals surface area (Å²) in [7, 11) is 0. The molecule has 0 atom stereocenters. The normalized spacial score (nSPS) is 10.7. The zero-order valence-electron chi connectivity index (χ0n) is 9.61. The van der Waals surface area contributed by atoms with Crippen LogP contribution >= 0.6 is 0 Å². The molecule has 0 saturated heterocycles. The smallest absolute Gasteiger partial charge is 0.364 e. The average Bonchev–Trinajstić information content (AvgIpc) is 2.81. The van der Waals surface area contributed by atoms with Gasteiger partial charge >= 0.3 is 5.82 Å². The van der Waals surface area contributed by atoms with E-state index >= 15 is 0 Å². The van der Waals surface area contributed by atoms with Crippen LogP contribution in [0.15, 0.2) is 47.0 Å². The molecule has 0 saturated carbocycles. The van der Waals surface area contributed by atoms with E-state index in [0.717, 1.165) is 5.39 Å². The van der Waals surface area contributed by atoms with Gasteiger partial charge in [-0.1, -0.05) is 0 Å². The largest absolute Gasteiger partial charge is 0.508 e. The zero-order valence-corrected chi connectivity index (χ0v) is 9.61. The fourth-order valence-corrected chi connectivity index (χ4v) is 1.83. The standard InChI is InChI=1S/C13H8N2O4/c16-10-2-1-8-5-11(19-12(8)7-10)9-3-4-14-13(6-9)15(17)18/h1-7,16H. The Bertz CT molecular complexity index is 779. The van der Waals surface area contributed by atoms with Crippen molar-refractivity contribution in [1.82, 2.24) is 4.98 Å². The van der Waals surface area contributed by atoms with E-state index in [2.05, 4.69) is 4.98 Å². The molecule has 0 unspecified atom stereocenters. The van der Waals surface area contributed by atoms with Crippen LogP contribution in [0.25, 0.3) is 22.3 Å². The third-order valence-electron chi connectivity index (χ3n) is 2.72. The van der Waals surface area contributed by atoms with E-state index in [-0.39, 0.29) is 11.6 Å². The Morgan fingerprint density at radius 1 is 1.21 bits per heavy atom. The molecule has 0 amide bonds. The van der Waals surface area contributed by atoms with Gasteiger partial charge in [-0.2, -0.15) is 0 Å². The third-order valence-corrected chi connectivity index (χ3v) is 2.72. The van der Waals surface area contributed by atoms with Gasteiger partial charge in [0, 0.05) is 23.1 Å². The van der Waals surface area contributed by atoms with Crippen LogP contribution in [0.4, 0.5) is 5.82 Å². The van der Waals surface area contributed by atoms with Gasteiger partial charge in [0.05, 0.1) is 0 Å². The minimum absolute atomic E-state index is 0.106. The second kappa shape index (κ2) is 4.09. The van der Waals surface area contributed by atoms with Crippen molar-refractivity contribution in [2.75, 3.05) is 0 Å². The highest BCUT2D eigenvalue weighted by Gasteiger charge is 2.12. The summed E-state index contributed by atoms with van der Waals surface area (Å²) in [5.74, 6) is 0.362. The highest BCUT2D eigenvalue weighted by molar-refractivity contribution is 5.84. The Labute approximate surface area is 107 Å². The van der Waals surface area contributed by atoms with Gasteiger partial charge in [-0.05, 0) is 34.2 Å². The Hall–Kier alpha value is -2.89. The van der Waals surface area contributed by atoms with E-state index in [1.54, 1.807) is 24.3 Å². The van der Waals surface area contributed by atoms with Gasteiger partial charge in [0.2, 0.25) is 0 Å². The molecular formula is C13H8N2O4. The molecule has 0 aliphatic rings. The molecule has 3 aromatic rings. The average molecular weight is 256 g/mol. The number of fused-ring (bicyclic) bond motifs is 1. The first-order chi connectivity index (χ1) is 9.13. The molecule has 6 nitrogen and oxygen atoms in total. The quantitative estimate of drug-likeness (QED) is 0.562. The number of rotatable bonds is 2. The summed E-state index contributed by atoms with van der Waals surface area (Å²) in [4.78, 5) is 13.8. The summed E-state index contributed by atoms with van der Waals surface area (Å²) >= 11 is 0. The second-order valence-electron chi connectivity index (χ2n) is 3.99. The molecule has 2 aromatic heterocycles. The lowest BCUT2D eigenvalue weighted by Gasteiger charge is -1.95. The fourth-order valence-electron chi connectivity index (χ4n) is 1.83. The lowest BCUT2D eigenvalue weighted by atomic mass is 10.2. The number of hydrogen-bond acceptors (Lipinski definition) is 5. The minimum Gasteiger partial charge on any atom is -0.508 e. The Morgan fingerprint density at radius 3 is 2.84 bits per heavy atom. The minimum atomic E-state index is -0.558. The van der Waals surface area contributed by atoms with Crippen molar-refractivity contribution in [3.05, 3.63) is 52.7 Å². The van der Waals surface area contributed by atoms with Crippen LogP contribution in [-0.2, 0) is 0 Å². The molecule has 1 N–H and O–H groups in total. The summed E-state index contributed by atoms with van der Waals surface area (Å²) in [6, 6.07) is 9.49. The number of pyridine rings is 1. The second-order valence-corrected chi connectivity index (χ2v) is 3.99. The Morgan fingerprint density at radius 2 is 2.05 bits per heavy atom. The fraction of sp³-hybridized carbons (Fsp3) is 0. The van der Waals surface area contributed by atoms with Crippen molar-refractivity contribution in [2.45, 2.75) is 0 Å². The summed E-state index contributed by atoms with van der Waals surface area (Å²) in [6.07, 6.45) is 1.36. The van der Waals surface area contributed by atoms with E-state index in [1.807, 2.05) is 0 Å². The van der Waals surface area contributed by atoms with Crippen molar-refractivity contribution < 1.29 is 14.4 Å². The van der Waals surface area contributed by atoms with Gasteiger partial charge in [0.15, 0.2) is 0 Å². The lowest BCUT2D eigenvalue weighted by molar-refractivity contribution is -0.389. The van der Waals surface area contributed by atoms with Crippen LogP contribution < -0.4 is 0 Å². The molecular weight excluding hydrogens is 248 g/mol. The maximum absolute atomic E-state index is 10.7. The monoisotopic (exact) mass is 256 g/mol. The van der Waals surface area contributed by atoms with Crippen molar-refractivity contribution >= 4 is 16.8 Å². The Balaban J connectivity index is 2.13. The van der Waals surface area contributed by atoms with Gasteiger partial charge in [-0.3, -0.25) is 0 Å². The molecule has 3 rings (SSSR count). The van der Waals surface area contributed by atoms with Crippen LogP contribution in [0.1, 0.15) is 0 Å². The molecule has 0 radical (unpaired) electrons. The van der Waals surface area contributed by atoms with E-state index in [9.17, 15) is 15.2 Å². The highest BCUT2D eigenvalue weighted by Crippen LogP contribution is 2.30. The van der Waals surface area contributed by atoms with E-state index < -0.39 is 4.92 Å². The van der Waals surface area contributed by atoms with Gasteiger partial charge in [-0.25, -0.2) is 0 Å². The topological polar surface area (TPSA) is 89.4 Å². The molecule has 0 bridgehead atoms. The van der Waals surface area contributed by atoms with Crippen LogP contribution in [-0.4, -0.2) is 15.0 Å². The number of phenols is 1. The maximum Gasteiger partial charge on any atom is 0.364 e. The van der Waals surface area contributed by atoms with Gasteiger partial charge in [0.25, 0.3) is 0 Å². The first kappa shape index (κ1) is 11.2. The van der Waals surface area contributed by atoms with Gasteiger partial charge in [0.1, 0.15) is 23.3 Å². The van der Waals surface area contributed by atoms with Gasteiger partial charge < -0.3 is 19.6 Å². The van der Waals surface area contributed by atoms with E-state index in [1.165, 1.54) is 18.3 Å². The zero-order chi connectivity index (χ0) is 13.4. The van der Waals surface area contributed by atoms with E-state index in [0.29, 0.717) is 16.9 Å². The number of nitro groups is 1. The summed E-state index contributed by atoms with van der Waals surface area (Å²) in [5.41, 5.74) is 1.09. The van der Waals surface area contributed by atoms with Crippen LogP contribution in [0.3, 0.4) is 0 Å². The predicted molar refractivity (Wildman–Crippen MR) is 67.8 cm³/mol. The SMILES string of the molecule is O=[N+]([O-])c1cc(-c2cc3ccc(O)cc3o2)ccn1. The Kier molecular flexibility index (Phi) is 2.42. The lowest BCUT2D eigenvalue weighted by Crippen LogP contribution is -1.91.